The summed E-state index contributed by atoms with van der Waals surface area (Å²) in [4.78, 5) is 7.49. The molecular formula is C16H18BrClF5N3OSi. The summed E-state index contributed by atoms with van der Waals surface area (Å²) in [5.74, 6) is -5.35. The second-order valence-electron chi connectivity index (χ2n) is 7.32. The summed E-state index contributed by atoms with van der Waals surface area (Å²) in [5.41, 5.74) is -1.47. The molecule has 0 aliphatic heterocycles. The van der Waals surface area contributed by atoms with Gasteiger partial charge in [-0.15, -0.1) is 0 Å². The number of rotatable bonds is 7. The lowest BCUT2D eigenvalue weighted by molar-refractivity contribution is -0.290. The van der Waals surface area contributed by atoms with Crippen molar-refractivity contribution in [1.82, 2.24) is 14.5 Å². The summed E-state index contributed by atoms with van der Waals surface area (Å²) < 4.78 is 72.9. The number of hydrogen-bond donors (Lipinski definition) is 0. The van der Waals surface area contributed by atoms with E-state index in [1.54, 1.807) is 0 Å². The molecule has 0 spiro atoms. The minimum atomic E-state index is -5.78. The Morgan fingerprint density at radius 1 is 1.21 bits per heavy atom. The SMILES string of the molecule is C[Si](C)(C)CCOCn1cc(C(F)(F)C(F)(F)F)nc1-c1ncc(Br)cc1Cl. The fraction of sp³-hybridized carbons (Fsp3) is 0.500. The lowest BCUT2D eigenvalue weighted by Crippen LogP contribution is -2.34. The Morgan fingerprint density at radius 2 is 1.86 bits per heavy atom. The van der Waals surface area contributed by atoms with Gasteiger partial charge in [-0.25, -0.2) is 4.98 Å². The number of aromatic nitrogens is 3. The Morgan fingerprint density at radius 3 is 2.39 bits per heavy atom. The number of nitrogens with zero attached hydrogens (tertiary/aromatic N) is 3. The van der Waals surface area contributed by atoms with Gasteiger partial charge < -0.3 is 9.30 Å². The summed E-state index contributed by atoms with van der Waals surface area (Å²) in [6, 6.07) is 2.25. The number of hydrogen-bond acceptors (Lipinski definition) is 3. The molecule has 28 heavy (non-hydrogen) atoms. The average molecular weight is 507 g/mol. The average Bonchev–Trinajstić information content (AvgIpc) is 2.94. The van der Waals surface area contributed by atoms with Gasteiger partial charge in [-0.2, -0.15) is 22.0 Å². The first kappa shape index (κ1) is 23.2. The summed E-state index contributed by atoms with van der Waals surface area (Å²) in [7, 11) is -1.40. The van der Waals surface area contributed by atoms with Crippen LogP contribution in [0.25, 0.3) is 11.5 Å². The van der Waals surface area contributed by atoms with E-state index in [1.807, 2.05) is 0 Å². The number of imidazole rings is 1. The minimum Gasteiger partial charge on any atom is -0.361 e. The fourth-order valence-electron chi connectivity index (χ4n) is 2.12. The van der Waals surface area contributed by atoms with Crippen LogP contribution in [0.4, 0.5) is 22.0 Å². The molecule has 0 saturated carbocycles. The predicted octanol–water partition coefficient (Wildman–Crippen LogP) is 6.33. The van der Waals surface area contributed by atoms with E-state index in [-0.39, 0.29) is 23.3 Å². The van der Waals surface area contributed by atoms with E-state index in [0.717, 1.165) is 10.6 Å². The van der Waals surface area contributed by atoms with Crippen LogP contribution in [0.5, 0.6) is 0 Å². The molecule has 0 bridgehead atoms. The lowest BCUT2D eigenvalue weighted by atomic mass is 10.2. The second kappa shape index (κ2) is 8.37. The van der Waals surface area contributed by atoms with Crippen molar-refractivity contribution in [1.29, 1.82) is 0 Å². The fourth-order valence-corrected chi connectivity index (χ4v) is 3.59. The zero-order valence-electron chi connectivity index (χ0n) is 15.2. The third-order valence-electron chi connectivity index (χ3n) is 3.70. The van der Waals surface area contributed by atoms with Gasteiger partial charge in [0.05, 0.1) is 5.02 Å². The highest BCUT2D eigenvalue weighted by Gasteiger charge is 2.60. The Hall–Kier alpha value is -1.04. The van der Waals surface area contributed by atoms with Gasteiger partial charge in [0.15, 0.2) is 5.82 Å². The summed E-state index contributed by atoms with van der Waals surface area (Å²) in [6.07, 6.45) is -3.82. The highest BCUT2D eigenvalue weighted by Crippen LogP contribution is 2.44. The smallest absolute Gasteiger partial charge is 0.361 e. The monoisotopic (exact) mass is 505 g/mol. The van der Waals surface area contributed by atoms with Crippen molar-refractivity contribution in [3.8, 4) is 11.5 Å². The maximum atomic E-state index is 13.8. The quantitative estimate of drug-likeness (QED) is 0.250. The molecule has 0 unspecified atom stereocenters. The summed E-state index contributed by atoms with van der Waals surface area (Å²) in [5, 5.41) is 0.0465. The first-order valence-corrected chi connectivity index (χ1v) is 13.0. The van der Waals surface area contributed by atoms with E-state index in [9.17, 15) is 22.0 Å². The molecule has 0 radical (unpaired) electrons. The van der Waals surface area contributed by atoms with Gasteiger partial charge in [0, 0.05) is 31.5 Å². The lowest BCUT2D eigenvalue weighted by Gasteiger charge is -2.17. The van der Waals surface area contributed by atoms with Crippen molar-refractivity contribution in [3.63, 3.8) is 0 Å². The van der Waals surface area contributed by atoms with Crippen molar-refractivity contribution in [2.75, 3.05) is 6.61 Å². The van der Waals surface area contributed by atoms with Crippen LogP contribution in [0.2, 0.25) is 30.7 Å². The van der Waals surface area contributed by atoms with Crippen molar-refractivity contribution >= 4 is 35.6 Å². The highest BCUT2D eigenvalue weighted by molar-refractivity contribution is 9.10. The van der Waals surface area contributed by atoms with Gasteiger partial charge in [-0.05, 0) is 28.0 Å². The summed E-state index contributed by atoms with van der Waals surface area (Å²) in [6.45, 7) is 6.49. The maximum absolute atomic E-state index is 13.8. The summed E-state index contributed by atoms with van der Waals surface area (Å²) >= 11 is 9.24. The molecule has 0 amide bonds. The van der Waals surface area contributed by atoms with Crippen LogP contribution < -0.4 is 0 Å². The number of pyridine rings is 1. The van der Waals surface area contributed by atoms with Crippen molar-refractivity contribution < 1.29 is 26.7 Å². The van der Waals surface area contributed by atoms with Gasteiger partial charge in [0.2, 0.25) is 0 Å². The predicted molar refractivity (Wildman–Crippen MR) is 102 cm³/mol. The zero-order valence-corrected chi connectivity index (χ0v) is 18.6. The molecule has 2 aromatic heterocycles. The van der Waals surface area contributed by atoms with Crippen molar-refractivity contribution in [3.05, 3.63) is 33.6 Å². The standard InChI is InChI=1S/C16H18BrClF5N3OSi/c1-28(2,3)5-4-27-9-26-8-12(15(19,20)16(21,22)23)25-14(26)13-11(18)6-10(17)7-24-13/h6-8H,4-5,9H2,1-3H3. The van der Waals surface area contributed by atoms with Crippen LogP contribution in [0.15, 0.2) is 22.9 Å². The molecule has 0 aliphatic carbocycles. The van der Waals surface area contributed by atoms with Gasteiger partial charge in [-0.3, -0.25) is 4.98 Å². The van der Waals surface area contributed by atoms with E-state index < -0.39 is 25.9 Å². The molecule has 12 heteroatoms. The Balaban J connectivity index is 2.41. The molecule has 0 fully saturated rings. The normalized spacial score (nSPS) is 13.2. The van der Waals surface area contributed by atoms with Crippen LogP contribution in [0.1, 0.15) is 5.69 Å². The molecule has 0 atom stereocenters. The molecule has 0 N–H and O–H groups in total. The molecule has 0 aromatic carbocycles. The van der Waals surface area contributed by atoms with E-state index in [1.165, 1.54) is 12.3 Å². The molecule has 2 heterocycles. The van der Waals surface area contributed by atoms with Gasteiger partial charge in [0.1, 0.15) is 18.1 Å². The molecular weight excluding hydrogens is 489 g/mol. The Bertz CT molecular complexity index is 839. The topological polar surface area (TPSA) is 39.9 Å². The first-order valence-electron chi connectivity index (χ1n) is 8.14. The van der Waals surface area contributed by atoms with Gasteiger partial charge in [0.25, 0.3) is 0 Å². The third-order valence-corrected chi connectivity index (χ3v) is 6.13. The number of alkyl halides is 5. The van der Waals surface area contributed by atoms with E-state index in [4.69, 9.17) is 16.3 Å². The molecule has 0 aliphatic rings. The first-order chi connectivity index (χ1) is 12.7. The van der Waals surface area contributed by atoms with Gasteiger partial charge >= 0.3 is 12.1 Å². The van der Waals surface area contributed by atoms with Crippen LogP contribution in [-0.2, 0) is 17.4 Å². The van der Waals surface area contributed by atoms with Crippen LogP contribution in [0.3, 0.4) is 0 Å². The van der Waals surface area contributed by atoms with E-state index in [0.29, 0.717) is 17.3 Å². The number of halogens is 7. The molecule has 2 aromatic rings. The molecule has 2 rings (SSSR count). The Labute approximate surface area is 173 Å². The molecule has 0 saturated heterocycles. The van der Waals surface area contributed by atoms with Crippen molar-refractivity contribution in [2.45, 2.75) is 44.5 Å². The Kier molecular flexibility index (Phi) is 6.94. The largest absolute Gasteiger partial charge is 0.459 e. The van der Waals surface area contributed by atoms with E-state index >= 15 is 0 Å². The van der Waals surface area contributed by atoms with E-state index in [2.05, 4.69) is 45.5 Å². The third kappa shape index (κ3) is 5.52. The highest BCUT2D eigenvalue weighted by atomic mass is 79.9. The van der Waals surface area contributed by atoms with Gasteiger partial charge in [-0.1, -0.05) is 31.2 Å². The molecule has 156 valence electrons. The van der Waals surface area contributed by atoms with Crippen LogP contribution in [0, 0.1) is 0 Å². The molecule has 4 nitrogen and oxygen atoms in total. The van der Waals surface area contributed by atoms with Crippen molar-refractivity contribution in [2.24, 2.45) is 0 Å². The number of ether oxygens (including phenoxy) is 1. The minimum absolute atomic E-state index is 0.0251. The van der Waals surface area contributed by atoms with Crippen LogP contribution in [-0.4, -0.2) is 35.4 Å². The maximum Gasteiger partial charge on any atom is 0.459 e. The zero-order chi connectivity index (χ0) is 21.3. The van der Waals surface area contributed by atoms with Crippen LogP contribution >= 0.6 is 27.5 Å². The second-order valence-corrected chi connectivity index (χ2v) is 14.3.